The highest BCUT2D eigenvalue weighted by Gasteiger charge is 2.34. The molecule has 0 aromatic heterocycles. The molecule has 130 valence electrons. The number of hydrogen-bond donors (Lipinski definition) is 0. The van der Waals surface area contributed by atoms with E-state index in [-0.39, 0.29) is 11.7 Å². The Kier molecular flexibility index (Phi) is 3.22. The van der Waals surface area contributed by atoms with E-state index in [4.69, 9.17) is 0 Å². The molecule has 5 rings (SSSR count). The summed E-state index contributed by atoms with van der Waals surface area (Å²) in [5, 5.41) is 3.79. The Labute approximate surface area is 156 Å². The maximum atomic E-state index is 13.5. The lowest BCUT2D eigenvalue weighted by Crippen LogP contribution is -2.22. The van der Waals surface area contributed by atoms with Crippen LogP contribution in [0, 0.1) is 6.92 Å². The Hall–Kier alpha value is -3.46. The van der Waals surface area contributed by atoms with Crippen LogP contribution in [0.15, 0.2) is 66.7 Å². The van der Waals surface area contributed by atoms with Crippen LogP contribution in [0.4, 0.5) is 5.69 Å². The van der Waals surface area contributed by atoms with E-state index in [9.17, 15) is 9.59 Å². The second-order valence-corrected chi connectivity index (χ2v) is 7.01. The minimum Gasteiger partial charge on any atom is -0.311 e. The Bertz CT molecular complexity index is 1270. The fraction of sp³-hybridized carbons (Fsp3) is 0.0833. The number of anilines is 1. The van der Waals surface area contributed by atoms with Gasteiger partial charge in [0.15, 0.2) is 5.78 Å². The van der Waals surface area contributed by atoms with Crippen molar-refractivity contribution in [3.8, 4) is 0 Å². The molecule has 3 nitrogen and oxygen atoms in total. The van der Waals surface area contributed by atoms with Gasteiger partial charge < -0.3 is 4.90 Å². The molecule has 4 aromatic rings. The standard InChI is InChI=1S/C24H17NO2/c1-14-12-13-18-21-19(14)16-10-6-7-11-17(16)20(22(21)24(27)25(18)2)23(26)15-8-4-3-5-9-15/h3-13H,1-2H3. The number of carbonyl (C=O) groups is 2. The highest BCUT2D eigenvalue weighted by molar-refractivity contribution is 6.37. The van der Waals surface area contributed by atoms with Crippen LogP contribution in [-0.2, 0) is 0 Å². The van der Waals surface area contributed by atoms with Crippen LogP contribution in [0.5, 0.6) is 0 Å². The molecule has 0 radical (unpaired) electrons. The summed E-state index contributed by atoms with van der Waals surface area (Å²) in [7, 11) is 1.77. The third kappa shape index (κ3) is 2.02. The van der Waals surface area contributed by atoms with Crippen LogP contribution in [0.25, 0.3) is 21.5 Å². The first-order valence-electron chi connectivity index (χ1n) is 8.95. The highest BCUT2D eigenvalue weighted by Crippen LogP contribution is 2.44. The van der Waals surface area contributed by atoms with Crippen LogP contribution >= 0.6 is 0 Å². The Balaban J connectivity index is 2.01. The number of benzene rings is 4. The van der Waals surface area contributed by atoms with Gasteiger partial charge >= 0.3 is 0 Å². The maximum Gasteiger partial charge on any atom is 0.259 e. The molecule has 0 bridgehead atoms. The largest absolute Gasteiger partial charge is 0.311 e. The monoisotopic (exact) mass is 351 g/mol. The first-order valence-corrected chi connectivity index (χ1v) is 8.95. The number of ketones is 1. The maximum absolute atomic E-state index is 13.5. The first-order chi connectivity index (χ1) is 13.1. The molecule has 27 heavy (non-hydrogen) atoms. The zero-order valence-corrected chi connectivity index (χ0v) is 15.1. The summed E-state index contributed by atoms with van der Waals surface area (Å²) in [6.45, 7) is 2.05. The quantitative estimate of drug-likeness (QED) is 0.371. The van der Waals surface area contributed by atoms with Crippen molar-refractivity contribution in [1.29, 1.82) is 0 Å². The van der Waals surface area contributed by atoms with Gasteiger partial charge in [-0.15, -0.1) is 0 Å². The van der Waals surface area contributed by atoms with Gasteiger partial charge in [-0.1, -0.05) is 60.7 Å². The minimum absolute atomic E-state index is 0.111. The number of hydrogen-bond acceptors (Lipinski definition) is 2. The Morgan fingerprint density at radius 2 is 1.48 bits per heavy atom. The zero-order chi connectivity index (χ0) is 18.7. The number of amides is 1. The lowest BCUT2D eigenvalue weighted by molar-refractivity contribution is 0.0982. The van der Waals surface area contributed by atoms with Gasteiger partial charge in [0.25, 0.3) is 5.91 Å². The molecule has 1 aliphatic heterocycles. The second-order valence-electron chi connectivity index (χ2n) is 7.01. The molecule has 3 heteroatoms. The molecule has 0 aliphatic carbocycles. The molecule has 0 N–H and O–H groups in total. The summed E-state index contributed by atoms with van der Waals surface area (Å²) in [5.41, 5.74) is 3.59. The van der Waals surface area contributed by atoms with Crippen molar-refractivity contribution in [3.05, 3.63) is 89.0 Å². The average Bonchev–Trinajstić information content (AvgIpc) is 2.95. The second kappa shape index (κ2) is 5.52. The molecule has 0 atom stereocenters. The van der Waals surface area contributed by atoms with E-state index in [1.54, 1.807) is 24.1 Å². The van der Waals surface area contributed by atoms with E-state index in [1.165, 1.54) is 0 Å². The van der Waals surface area contributed by atoms with Crippen molar-refractivity contribution in [1.82, 2.24) is 0 Å². The molecule has 0 saturated heterocycles. The van der Waals surface area contributed by atoms with Crippen LogP contribution in [0.1, 0.15) is 31.8 Å². The van der Waals surface area contributed by atoms with Gasteiger partial charge in [0.05, 0.1) is 11.3 Å². The fourth-order valence-corrected chi connectivity index (χ4v) is 4.21. The van der Waals surface area contributed by atoms with Gasteiger partial charge in [-0.3, -0.25) is 9.59 Å². The van der Waals surface area contributed by atoms with Crippen LogP contribution in [0.2, 0.25) is 0 Å². The van der Waals surface area contributed by atoms with E-state index < -0.39 is 0 Å². The number of nitrogens with zero attached hydrogens (tertiary/aromatic N) is 1. The van der Waals surface area contributed by atoms with Crippen LogP contribution in [-0.4, -0.2) is 18.7 Å². The van der Waals surface area contributed by atoms with Gasteiger partial charge in [0, 0.05) is 23.6 Å². The van der Waals surface area contributed by atoms with E-state index >= 15 is 0 Å². The molecule has 0 saturated carbocycles. The molecule has 0 spiro atoms. The predicted molar refractivity (Wildman–Crippen MR) is 109 cm³/mol. The highest BCUT2D eigenvalue weighted by atomic mass is 16.2. The molecule has 0 unspecified atom stereocenters. The summed E-state index contributed by atoms with van der Waals surface area (Å²) in [5.74, 6) is -0.231. The van der Waals surface area contributed by atoms with Gasteiger partial charge in [0.2, 0.25) is 0 Å². The van der Waals surface area contributed by atoms with E-state index in [0.717, 1.165) is 32.8 Å². The number of rotatable bonds is 2. The lowest BCUT2D eigenvalue weighted by Gasteiger charge is -2.14. The third-order valence-corrected chi connectivity index (χ3v) is 5.50. The van der Waals surface area contributed by atoms with Gasteiger partial charge in [-0.2, -0.15) is 0 Å². The van der Waals surface area contributed by atoms with Crippen molar-refractivity contribution in [2.45, 2.75) is 6.92 Å². The van der Waals surface area contributed by atoms with Crippen LogP contribution in [0.3, 0.4) is 0 Å². The third-order valence-electron chi connectivity index (χ3n) is 5.50. The van der Waals surface area contributed by atoms with Gasteiger partial charge in [0.1, 0.15) is 0 Å². The van der Waals surface area contributed by atoms with Gasteiger partial charge in [-0.05, 0) is 34.7 Å². The number of fused-ring (bicyclic) bond motifs is 2. The predicted octanol–water partition coefficient (Wildman–Crippen LogP) is 5.12. The summed E-state index contributed by atoms with van der Waals surface area (Å²) in [6.07, 6.45) is 0. The van der Waals surface area contributed by atoms with Gasteiger partial charge in [-0.25, -0.2) is 0 Å². The Morgan fingerprint density at radius 1 is 0.815 bits per heavy atom. The van der Waals surface area contributed by atoms with E-state index in [1.807, 2.05) is 54.6 Å². The normalized spacial score (nSPS) is 13.0. The van der Waals surface area contributed by atoms with Crippen LogP contribution < -0.4 is 4.90 Å². The minimum atomic E-state index is -0.120. The number of aryl methyl sites for hydroxylation is 1. The van der Waals surface area contributed by atoms with E-state index in [2.05, 4.69) is 6.92 Å². The first kappa shape index (κ1) is 15.8. The van der Waals surface area contributed by atoms with Crippen molar-refractivity contribution >= 4 is 38.9 Å². The average molecular weight is 351 g/mol. The lowest BCUT2D eigenvalue weighted by atomic mass is 9.87. The SMILES string of the molecule is Cc1ccc2c3c(c(C(=O)c4ccccc4)c4ccccc4c13)C(=O)N2C. The molecule has 0 fully saturated rings. The molecule has 1 aliphatic rings. The number of carbonyl (C=O) groups excluding carboxylic acids is 2. The smallest absolute Gasteiger partial charge is 0.259 e. The van der Waals surface area contributed by atoms with Crippen molar-refractivity contribution in [3.63, 3.8) is 0 Å². The fourth-order valence-electron chi connectivity index (χ4n) is 4.21. The van der Waals surface area contributed by atoms with Crippen molar-refractivity contribution in [2.24, 2.45) is 0 Å². The molecule has 1 heterocycles. The summed E-state index contributed by atoms with van der Waals surface area (Å²) < 4.78 is 0. The zero-order valence-electron chi connectivity index (χ0n) is 15.1. The summed E-state index contributed by atoms with van der Waals surface area (Å²) in [4.78, 5) is 28.3. The molecule has 4 aromatic carbocycles. The topological polar surface area (TPSA) is 37.4 Å². The van der Waals surface area contributed by atoms with Crippen molar-refractivity contribution < 1.29 is 9.59 Å². The summed E-state index contributed by atoms with van der Waals surface area (Å²) in [6, 6.07) is 21.1. The summed E-state index contributed by atoms with van der Waals surface area (Å²) >= 11 is 0. The Morgan fingerprint density at radius 3 is 2.22 bits per heavy atom. The molecular weight excluding hydrogens is 334 g/mol. The van der Waals surface area contributed by atoms with Crippen molar-refractivity contribution in [2.75, 3.05) is 11.9 Å². The van der Waals surface area contributed by atoms with E-state index in [0.29, 0.717) is 16.7 Å². The molecule has 1 amide bonds. The molecular formula is C24H17NO2.